The summed E-state index contributed by atoms with van der Waals surface area (Å²) in [6, 6.07) is 3.21. The number of morpholine rings is 1. The van der Waals surface area contributed by atoms with E-state index in [0.29, 0.717) is 74.3 Å². The number of hydrogen-bond acceptors (Lipinski definition) is 7. The summed E-state index contributed by atoms with van der Waals surface area (Å²) in [4.78, 5) is 29.6. The maximum absolute atomic E-state index is 13.9. The number of anilines is 2. The molecule has 0 spiro atoms. The van der Waals surface area contributed by atoms with Gasteiger partial charge in [-0.2, -0.15) is 0 Å². The molecule has 0 radical (unpaired) electrons. The Hall–Kier alpha value is -3.37. The molecular formula is C27H32F2N6O2. The zero-order chi connectivity index (χ0) is 26.2. The SMILES string of the molecule is C=C(Nc1cc(F)cc(F)c1)C1=CC(C)(C(=O)N2CCN(C)CC2)Cc2ncc(N3CCOCC3)nc21. The van der Waals surface area contributed by atoms with Crippen LogP contribution in [0.1, 0.15) is 18.3 Å². The quantitative estimate of drug-likeness (QED) is 0.663. The molecule has 1 aromatic carbocycles. The Morgan fingerprint density at radius 1 is 1.08 bits per heavy atom. The van der Waals surface area contributed by atoms with E-state index in [1.54, 1.807) is 6.20 Å². The molecule has 2 fully saturated rings. The van der Waals surface area contributed by atoms with Crippen molar-refractivity contribution in [3.05, 3.63) is 65.8 Å². The van der Waals surface area contributed by atoms with Crippen LogP contribution in [0.25, 0.3) is 5.57 Å². The van der Waals surface area contributed by atoms with Crippen LogP contribution < -0.4 is 10.2 Å². The van der Waals surface area contributed by atoms with E-state index < -0.39 is 17.0 Å². The highest BCUT2D eigenvalue weighted by Gasteiger charge is 2.41. The molecule has 1 unspecified atom stereocenters. The van der Waals surface area contributed by atoms with Crippen LogP contribution in [0.5, 0.6) is 0 Å². The molecule has 1 amide bonds. The molecule has 5 rings (SSSR count). The number of rotatable bonds is 5. The first-order valence-electron chi connectivity index (χ1n) is 12.5. The fourth-order valence-electron chi connectivity index (χ4n) is 5.09. The molecule has 2 saturated heterocycles. The molecule has 1 N–H and O–H groups in total. The number of allylic oxidation sites excluding steroid dienone is 1. The van der Waals surface area contributed by atoms with Gasteiger partial charge in [-0.1, -0.05) is 12.7 Å². The van der Waals surface area contributed by atoms with Crippen LogP contribution in [-0.4, -0.2) is 85.2 Å². The van der Waals surface area contributed by atoms with E-state index in [4.69, 9.17) is 14.7 Å². The summed E-state index contributed by atoms with van der Waals surface area (Å²) in [7, 11) is 2.05. The Kier molecular flexibility index (Phi) is 6.96. The van der Waals surface area contributed by atoms with Gasteiger partial charge >= 0.3 is 0 Å². The molecule has 3 heterocycles. The van der Waals surface area contributed by atoms with Crippen molar-refractivity contribution in [2.75, 3.05) is 69.7 Å². The molecule has 196 valence electrons. The van der Waals surface area contributed by atoms with E-state index in [-0.39, 0.29) is 11.6 Å². The molecule has 2 aromatic rings. The third-order valence-electron chi connectivity index (χ3n) is 7.19. The Balaban J connectivity index is 1.51. The first kappa shape index (κ1) is 25.3. The van der Waals surface area contributed by atoms with Gasteiger partial charge in [0.2, 0.25) is 5.91 Å². The van der Waals surface area contributed by atoms with Gasteiger partial charge in [0.05, 0.1) is 36.2 Å². The van der Waals surface area contributed by atoms with Crippen LogP contribution in [0.2, 0.25) is 0 Å². The average molecular weight is 511 g/mol. The smallest absolute Gasteiger partial charge is 0.232 e. The number of halogens is 2. The molecule has 3 aliphatic rings. The van der Waals surface area contributed by atoms with E-state index in [1.165, 1.54) is 12.1 Å². The lowest BCUT2D eigenvalue weighted by Gasteiger charge is -2.39. The number of hydrogen-bond donors (Lipinski definition) is 1. The number of ether oxygens (including phenoxy) is 1. The van der Waals surface area contributed by atoms with E-state index in [1.807, 2.05) is 24.9 Å². The van der Waals surface area contributed by atoms with E-state index in [9.17, 15) is 13.6 Å². The number of likely N-dealkylation sites (N-methyl/N-ethyl adjacent to an activating group) is 1. The van der Waals surface area contributed by atoms with E-state index >= 15 is 0 Å². The molecule has 8 nitrogen and oxygen atoms in total. The highest BCUT2D eigenvalue weighted by atomic mass is 19.1. The van der Waals surface area contributed by atoms with Crippen LogP contribution >= 0.6 is 0 Å². The van der Waals surface area contributed by atoms with Crippen molar-refractivity contribution in [1.29, 1.82) is 0 Å². The molecule has 0 bridgehead atoms. The number of aromatic nitrogens is 2. The van der Waals surface area contributed by atoms with Gasteiger partial charge in [0, 0.05) is 68.7 Å². The zero-order valence-electron chi connectivity index (χ0n) is 21.3. The van der Waals surface area contributed by atoms with Gasteiger partial charge in [-0.15, -0.1) is 0 Å². The Morgan fingerprint density at radius 3 is 2.43 bits per heavy atom. The maximum Gasteiger partial charge on any atom is 0.232 e. The lowest BCUT2D eigenvalue weighted by atomic mass is 9.76. The van der Waals surface area contributed by atoms with Crippen LogP contribution in [0.3, 0.4) is 0 Å². The normalized spacial score (nSPS) is 22.3. The lowest BCUT2D eigenvalue weighted by molar-refractivity contribution is -0.140. The summed E-state index contributed by atoms with van der Waals surface area (Å²) in [6.45, 7) is 11.6. The average Bonchev–Trinajstić information content (AvgIpc) is 2.88. The molecule has 1 aliphatic carbocycles. The molecule has 37 heavy (non-hydrogen) atoms. The number of fused-ring (bicyclic) bond motifs is 1. The second-order valence-electron chi connectivity index (χ2n) is 10.1. The number of amides is 1. The number of nitrogens with one attached hydrogen (secondary N) is 1. The fourth-order valence-corrected chi connectivity index (χ4v) is 5.09. The van der Waals surface area contributed by atoms with E-state index in [2.05, 4.69) is 21.7 Å². The minimum absolute atomic E-state index is 0.0207. The number of piperazine rings is 1. The molecule has 2 aliphatic heterocycles. The van der Waals surface area contributed by atoms with Crippen molar-refractivity contribution in [2.24, 2.45) is 5.41 Å². The van der Waals surface area contributed by atoms with Crippen molar-refractivity contribution >= 4 is 23.0 Å². The second kappa shape index (κ2) is 10.2. The second-order valence-corrected chi connectivity index (χ2v) is 10.1. The van der Waals surface area contributed by atoms with Crippen molar-refractivity contribution < 1.29 is 18.3 Å². The predicted molar refractivity (Wildman–Crippen MR) is 138 cm³/mol. The summed E-state index contributed by atoms with van der Waals surface area (Å²) < 4.78 is 33.2. The van der Waals surface area contributed by atoms with Gasteiger partial charge in [-0.05, 0) is 26.1 Å². The molecule has 1 atom stereocenters. The minimum Gasteiger partial charge on any atom is -0.378 e. The van der Waals surface area contributed by atoms with Crippen molar-refractivity contribution in [3.8, 4) is 0 Å². The topological polar surface area (TPSA) is 73.8 Å². The van der Waals surface area contributed by atoms with Crippen LogP contribution in [0.4, 0.5) is 20.3 Å². The predicted octanol–water partition coefficient (Wildman–Crippen LogP) is 2.94. The van der Waals surface area contributed by atoms with Crippen molar-refractivity contribution in [2.45, 2.75) is 13.3 Å². The molecule has 1 aromatic heterocycles. The van der Waals surface area contributed by atoms with Crippen molar-refractivity contribution in [3.63, 3.8) is 0 Å². The van der Waals surface area contributed by atoms with Gasteiger partial charge < -0.3 is 24.8 Å². The third kappa shape index (κ3) is 5.35. The van der Waals surface area contributed by atoms with Crippen LogP contribution in [0, 0.1) is 17.0 Å². The van der Waals surface area contributed by atoms with Crippen molar-refractivity contribution in [1.82, 2.24) is 19.8 Å². The van der Waals surface area contributed by atoms with Gasteiger partial charge in [-0.3, -0.25) is 9.78 Å². The number of benzene rings is 1. The molecular weight excluding hydrogens is 478 g/mol. The summed E-state index contributed by atoms with van der Waals surface area (Å²) in [5.41, 5.74) is 1.63. The zero-order valence-corrected chi connectivity index (χ0v) is 21.3. The molecule has 10 heteroatoms. The highest BCUT2D eigenvalue weighted by molar-refractivity contribution is 5.92. The van der Waals surface area contributed by atoms with Gasteiger partial charge in [0.15, 0.2) is 0 Å². The van der Waals surface area contributed by atoms with E-state index in [0.717, 1.165) is 19.2 Å². The van der Waals surface area contributed by atoms with Gasteiger partial charge in [0.1, 0.15) is 17.5 Å². The van der Waals surface area contributed by atoms with Crippen LogP contribution in [0.15, 0.2) is 42.7 Å². The first-order valence-corrected chi connectivity index (χ1v) is 12.5. The number of nitrogens with zero attached hydrogens (tertiary/aromatic N) is 5. The Labute approximate surface area is 215 Å². The minimum atomic E-state index is -0.870. The third-order valence-corrected chi connectivity index (χ3v) is 7.19. The van der Waals surface area contributed by atoms with Gasteiger partial charge in [0.25, 0.3) is 0 Å². The maximum atomic E-state index is 13.9. The monoisotopic (exact) mass is 510 g/mol. The number of carbonyl (C=O) groups is 1. The summed E-state index contributed by atoms with van der Waals surface area (Å²) in [5.74, 6) is -0.658. The lowest BCUT2D eigenvalue weighted by Crippen LogP contribution is -2.52. The van der Waals surface area contributed by atoms with Crippen LogP contribution in [-0.2, 0) is 16.0 Å². The fraction of sp³-hybridized carbons (Fsp3) is 0.444. The largest absolute Gasteiger partial charge is 0.378 e. The highest BCUT2D eigenvalue weighted by Crippen LogP contribution is 2.40. The number of carbonyl (C=O) groups excluding carboxylic acids is 1. The first-order chi connectivity index (χ1) is 17.7. The Morgan fingerprint density at radius 2 is 1.76 bits per heavy atom. The summed E-state index contributed by atoms with van der Waals surface area (Å²) in [5, 5.41) is 3.02. The Bertz CT molecular complexity index is 1220. The standard InChI is InChI=1S/C27H32F2N6O2/c1-18(31-21-13-19(28)12-20(29)14-21)22-15-27(2,26(36)35-6-4-33(3)5-7-35)16-23-25(22)32-24(17-30-23)34-8-10-37-11-9-34/h12-15,17,31H,1,4-11,16H2,2-3H3. The summed E-state index contributed by atoms with van der Waals surface area (Å²) in [6.07, 6.45) is 4.03. The molecule has 0 saturated carbocycles. The van der Waals surface area contributed by atoms with Gasteiger partial charge in [-0.25, -0.2) is 13.8 Å². The summed E-state index contributed by atoms with van der Waals surface area (Å²) >= 11 is 0.